The number of nitriles is 1. The van der Waals surface area contributed by atoms with Gasteiger partial charge in [-0.1, -0.05) is 12.2 Å². The Morgan fingerprint density at radius 1 is 1.62 bits per heavy atom. The molecule has 1 aliphatic heterocycles. The molecule has 1 atom stereocenters. The molecule has 1 rings (SSSR count). The number of hydrogen-bond donors (Lipinski definition) is 0. The highest BCUT2D eigenvalue weighted by Gasteiger charge is 2.20. The quantitative estimate of drug-likeness (QED) is 0.612. The van der Waals surface area contributed by atoms with Crippen molar-refractivity contribution in [2.75, 3.05) is 26.8 Å². The Bertz CT molecular complexity index is 209. The average molecular weight is 180 g/mol. The minimum absolute atomic E-state index is 0.0851. The Morgan fingerprint density at radius 2 is 2.23 bits per heavy atom. The molecule has 0 saturated carbocycles. The molecule has 0 aromatic carbocycles. The van der Waals surface area contributed by atoms with Crippen molar-refractivity contribution in [3.8, 4) is 6.07 Å². The third-order valence-corrected chi connectivity index (χ3v) is 2.42. The van der Waals surface area contributed by atoms with E-state index in [4.69, 9.17) is 10.00 Å². The second-order valence-corrected chi connectivity index (χ2v) is 3.39. The summed E-state index contributed by atoms with van der Waals surface area (Å²) in [6, 6.07) is 2.17. The van der Waals surface area contributed by atoms with E-state index >= 15 is 0 Å². The average Bonchev–Trinajstić information content (AvgIpc) is 2.16. The summed E-state index contributed by atoms with van der Waals surface area (Å²) < 4.78 is 4.99. The summed E-state index contributed by atoms with van der Waals surface area (Å²) in [4.78, 5) is 2.16. The van der Waals surface area contributed by atoms with Crippen LogP contribution in [-0.4, -0.2) is 37.7 Å². The number of methoxy groups -OCH3 is 1. The van der Waals surface area contributed by atoms with Gasteiger partial charge in [0, 0.05) is 20.2 Å². The molecular formula is C10H16N2O. The molecule has 1 saturated heterocycles. The van der Waals surface area contributed by atoms with E-state index < -0.39 is 0 Å². The summed E-state index contributed by atoms with van der Waals surface area (Å²) in [6.45, 7) is 6.33. The first kappa shape index (κ1) is 10.2. The van der Waals surface area contributed by atoms with Crippen molar-refractivity contribution < 1.29 is 4.74 Å². The Labute approximate surface area is 79.6 Å². The SMILES string of the molecule is C=C1CCN(C(C#N)COC)CC1. The summed E-state index contributed by atoms with van der Waals surface area (Å²) >= 11 is 0. The molecule has 0 aromatic rings. The van der Waals surface area contributed by atoms with Crippen LogP contribution >= 0.6 is 0 Å². The third-order valence-electron chi connectivity index (χ3n) is 2.42. The minimum atomic E-state index is -0.0851. The highest BCUT2D eigenvalue weighted by molar-refractivity contribution is 5.02. The van der Waals surface area contributed by atoms with Gasteiger partial charge in [0.25, 0.3) is 0 Å². The highest BCUT2D eigenvalue weighted by Crippen LogP contribution is 2.15. The highest BCUT2D eigenvalue weighted by atomic mass is 16.5. The zero-order valence-corrected chi connectivity index (χ0v) is 8.12. The van der Waals surface area contributed by atoms with Crippen LogP contribution in [0.5, 0.6) is 0 Å². The summed E-state index contributed by atoms with van der Waals surface area (Å²) in [7, 11) is 1.63. The molecule has 1 unspecified atom stereocenters. The van der Waals surface area contributed by atoms with Crippen LogP contribution in [0.2, 0.25) is 0 Å². The lowest BCUT2D eigenvalue weighted by Gasteiger charge is -2.30. The number of piperidine rings is 1. The Kier molecular flexibility index (Phi) is 3.94. The lowest BCUT2D eigenvalue weighted by molar-refractivity contribution is 0.111. The molecule has 72 valence electrons. The van der Waals surface area contributed by atoms with Gasteiger partial charge in [0.2, 0.25) is 0 Å². The van der Waals surface area contributed by atoms with Gasteiger partial charge in [0.15, 0.2) is 0 Å². The van der Waals surface area contributed by atoms with Gasteiger partial charge in [0.05, 0.1) is 12.7 Å². The predicted molar refractivity (Wildman–Crippen MR) is 51.2 cm³/mol. The molecule has 0 bridgehead atoms. The van der Waals surface area contributed by atoms with E-state index in [1.165, 1.54) is 5.57 Å². The van der Waals surface area contributed by atoms with Gasteiger partial charge in [-0.15, -0.1) is 0 Å². The van der Waals surface area contributed by atoms with E-state index in [1.807, 2.05) is 0 Å². The Hall–Kier alpha value is -0.850. The molecule has 0 amide bonds. The van der Waals surface area contributed by atoms with E-state index in [-0.39, 0.29) is 6.04 Å². The van der Waals surface area contributed by atoms with Gasteiger partial charge in [0.1, 0.15) is 6.04 Å². The van der Waals surface area contributed by atoms with Crippen molar-refractivity contribution in [2.24, 2.45) is 0 Å². The zero-order chi connectivity index (χ0) is 9.68. The van der Waals surface area contributed by atoms with Gasteiger partial charge in [-0.3, -0.25) is 4.90 Å². The molecule has 0 spiro atoms. The number of rotatable bonds is 3. The molecule has 0 aromatic heterocycles. The van der Waals surface area contributed by atoms with E-state index in [0.717, 1.165) is 25.9 Å². The molecule has 1 fully saturated rings. The first-order valence-electron chi connectivity index (χ1n) is 4.57. The van der Waals surface area contributed by atoms with Gasteiger partial charge in [-0.05, 0) is 12.8 Å². The maximum absolute atomic E-state index is 8.88. The molecular weight excluding hydrogens is 164 g/mol. The second-order valence-electron chi connectivity index (χ2n) is 3.39. The minimum Gasteiger partial charge on any atom is -0.382 e. The van der Waals surface area contributed by atoms with Crippen LogP contribution in [0.3, 0.4) is 0 Å². The summed E-state index contributed by atoms with van der Waals surface area (Å²) in [5, 5.41) is 8.88. The van der Waals surface area contributed by atoms with Crippen molar-refractivity contribution in [3.63, 3.8) is 0 Å². The molecule has 3 nitrogen and oxygen atoms in total. The first-order valence-corrected chi connectivity index (χ1v) is 4.57. The van der Waals surface area contributed by atoms with E-state index in [2.05, 4.69) is 17.5 Å². The fourth-order valence-electron chi connectivity index (χ4n) is 1.53. The molecule has 0 radical (unpaired) electrons. The van der Waals surface area contributed by atoms with Crippen LogP contribution in [0.1, 0.15) is 12.8 Å². The third kappa shape index (κ3) is 2.83. The monoisotopic (exact) mass is 180 g/mol. The normalized spacial score (nSPS) is 21.1. The Morgan fingerprint density at radius 3 is 2.69 bits per heavy atom. The van der Waals surface area contributed by atoms with E-state index in [0.29, 0.717) is 6.61 Å². The fraction of sp³-hybridized carbons (Fsp3) is 0.700. The number of nitrogens with zero attached hydrogens (tertiary/aromatic N) is 2. The molecule has 13 heavy (non-hydrogen) atoms. The van der Waals surface area contributed by atoms with Crippen molar-refractivity contribution >= 4 is 0 Å². The van der Waals surface area contributed by atoms with Gasteiger partial charge in [-0.2, -0.15) is 5.26 Å². The summed E-state index contributed by atoms with van der Waals surface area (Å²) in [6.07, 6.45) is 2.03. The first-order chi connectivity index (χ1) is 6.27. The summed E-state index contributed by atoms with van der Waals surface area (Å²) in [5.41, 5.74) is 1.30. The van der Waals surface area contributed by atoms with E-state index in [1.54, 1.807) is 7.11 Å². The topological polar surface area (TPSA) is 36.3 Å². The smallest absolute Gasteiger partial charge is 0.121 e. The van der Waals surface area contributed by atoms with Gasteiger partial charge < -0.3 is 4.74 Å². The van der Waals surface area contributed by atoms with Crippen LogP contribution in [0, 0.1) is 11.3 Å². The summed E-state index contributed by atoms with van der Waals surface area (Å²) in [5.74, 6) is 0. The number of hydrogen-bond acceptors (Lipinski definition) is 3. The van der Waals surface area contributed by atoms with Crippen LogP contribution in [0.4, 0.5) is 0 Å². The van der Waals surface area contributed by atoms with E-state index in [9.17, 15) is 0 Å². The molecule has 0 aliphatic carbocycles. The number of ether oxygens (including phenoxy) is 1. The van der Waals surface area contributed by atoms with Crippen LogP contribution in [-0.2, 0) is 4.74 Å². The largest absolute Gasteiger partial charge is 0.382 e. The van der Waals surface area contributed by atoms with Crippen LogP contribution in [0.15, 0.2) is 12.2 Å². The molecule has 1 aliphatic rings. The Balaban J connectivity index is 2.42. The molecule has 1 heterocycles. The van der Waals surface area contributed by atoms with Gasteiger partial charge in [-0.25, -0.2) is 0 Å². The van der Waals surface area contributed by atoms with Crippen molar-refractivity contribution in [1.29, 1.82) is 5.26 Å². The van der Waals surface area contributed by atoms with Crippen molar-refractivity contribution in [1.82, 2.24) is 4.90 Å². The number of likely N-dealkylation sites (tertiary alicyclic amines) is 1. The molecule has 3 heteroatoms. The standard InChI is InChI=1S/C10H16N2O/c1-9-3-5-12(6-4-9)10(7-11)8-13-2/h10H,1,3-6,8H2,2H3. The zero-order valence-electron chi connectivity index (χ0n) is 8.12. The second kappa shape index (κ2) is 5.00. The maximum Gasteiger partial charge on any atom is 0.121 e. The van der Waals surface area contributed by atoms with Gasteiger partial charge >= 0.3 is 0 Å². The molecule has 0 N–H and O–H groups in total. The van der Waals surface area contributed by atoms with Crippen molar-refractivity contribution in [2.45, 2.75) is 18.9 Å². The van der Waals surface area contributed by atoms with Crippen LogP contribution in [0.25, 0.3) is 0 Å². The predicted octanol–water partition coefficient (Wildman–Crippen LogP) is 1.18. The van der Waals surface area contributed by atoms with Crippen molar-refractivity contribution in [3.05, 3.63) is 12.2 Å². The van der Waals surface area contributed by atoms with Crippen LogP contribution < -0.4 is 0 Å². The maximum atomic E-state index is 8.88. The lowest BCUT2D eigenvalue weighted by Crippen LogP contribution is -2.41. The lowest BCUT2D eigenvalue weighted by atomic mass is 10.0. The fourth-order valence-corrected chi connectivity index (χ4v) is 1.53.